The van der Waals surface area contributed by atoms with Crippen molar-refractivity contribution < 1.29 is 28.2 Å². The number of hydrogen-bond donors (Lipinski definition) is 0. The lowest BCUT2D eigenvalue weighted by atomic mass is 9.95. The summed E-state index contributed by atoms with van der Waals surface area (Å²) in [5.74, 6) is 0.634. The summed E-state index contributed by atoms with van der Waals surface area (Å²) in [7, 11) is 2.88. The zero-order valence-electron chi connectivity index (χ0n) is 24.1. The van der Waals surface area contributed by atoms with E-state index < -0.39 is 18.0 Å². The second-order valence-electron chi connectivity index (χ2n) is 10.0. The second-order valence-corrected chi connectivity index (χ2v) is 11.0. The number of aryl methyl sites for hydroxylation is 1. The van der Waals surface area contributed by atoms with Crippen LogP contribution in [0.25, 0.3) is 17.4 Å². The molecule has 0 unspecified atom stereocenters. The van der Waals surface area contributed by atoms with Crippen LogP contribution in [-0.2, 0) is 14.3 Å². The summed E-state index contributed by atoms with van der Waals surface area (Å²) in [5.41, 5.74) is 3.14. The number of rotatable bonds is 7. The monoisotopic (exact) mass is 586 g/mol. The highest BCUT2D eigenvalue weighted by molar-refractivity contribution is 7.07. The van der Waals surface area contributed by atoms with Crippen molar-refractivity contribution >= 4 is 29.4 Å². The van der Waals surface area contributed by atoms with Crippen molar-refractivity contribution in [3.63, 3.8) is 0 Å². The Balaban J connectivity index is 1.58. The molecule has 1 aliphatic heterocycles. The predicted molar refractivity (Wildman–Crippen MR) is 158 cm³/mol. The molecule has 0 radical (unpaired) electrons. The summed E-state index contributed by atoms with van der Waals surface area (Å²) >= 11 is 1.20. The van der Waals surface area contributed by atoms with E-state index in [0.717, 1.165) is 5.56 Å². The van der Waals surface area contributed by atoms with E-state index in [2.05, 4.69) is 4.99 Å². The Morgan fingerprint density at radius 3 is 2.55 bits per heavy atom. The average molecular weight is 587 g/mol. The van der Waals surface area contributed by atoms with E-state index in [1.807, 2.05) is 31.2 Å². The van der Waals surface area contributed by atoms with Gasteiger partial charge in [-0.1, -0.05) is 35.6 Å². The highest BCUT2D eigenvalue weighted by Crippen LogP contribution is 2.33. The summed E-state index contributed by atoms with van der Waals surface area (Å²) in [5, 5.41) is 0. The van der Waals surface area contributed by atoms with Crippen LogP contribution in [0.5, 0.6) is 5.75 Å². The second kappa shape index (κ2) is 11.7. The molecule has 1 aliphatic rings. The lowest BCUT2D eigenvalue weighted by Crippen LogP contribution is -2.39. The number of aromatic nitrogens is 1. The van der Waals surface area contributed by atoms with Gasteiger partial charge in [0.25, 0.3) is 5.56 Å². The van der Waals surface area contributed by atoms with Gasteiger partial charge in [-0.15, -0.1) is 0 Å². The minimum absolute atomic E-state index is 0.233. The van der Waals surface area contributed by atoms with Gasteiger partial charge in [0.15, 0.2) is 4.80 Å². The van der Waals surface area contributed by atoms with E-state index in [0.29, 0.717) is 49.0 Å². The molecular formula is C32H30N2O7S. The number of ether oxygens (including phenoxy) is 3. The van der Waals surface area contributed by atoms with Crippen LogP contribution >= 0.6 is 11.3 Å². The molecule has 42 heavy (non-hydrogen) atoms. The predicted octanol–water partition coefficient (Wildman–Crippen LogP) is 4.55. The smallest absolute Gasteiger partial charge is 0.338 e. The minimum Gasteiger partial charge on any atom is -0.496 e. The lowest BCUT2D eigenvalue weighted by Gasteiger charge is -2.25. The van der Waals surface area contributed by atoms with Crippen molar-refractivity contribution in [1.29, 1.82) is 0 Å². The first kappa shape index (κ1) is 28.8. The molecule has 2 aromatic carbocycles. The van der Waals surface area contributed by atoms with Crippen molar-refractivity contribution in [1.82, 2.24) is 4.57 Å². The molecule has 0 saturated heterocycles. The van der Waals surface area contributed by atoms with Crippen LogP contribution in [0, 0.1) is 6.92 Å². The number of hydrogen-bond acceptors (Lipinski definition) is 9. The minimum atomic E-state index is -0.758. The zero-order chi connectivity index (χ0) is 30.1. The Morgan fingerprint density at radius 1 is 1.05 bits per heavy atom. The third-order valence-electron chi connectivity index (χ3n) is 6.80. The number of benzene rings is 2. The Morgan fingerprint density at radius 2 is 1.83 bits per heavy atom. The van der Waals surface area contributed by atoms with E-state index in [1.54, 1.807) is 64.3 Å². The van der Waals surface area contributed by atoms with Gasteiger partial charge in [0.2, 0.25) is 0 Å². The first-order chi connectivity index (χ1) is 20.1. The molecule has 3 heterocycles. The van der Waals surface area contributed by atoms with Gasteiger partial charge < -0.3 is 18.6 Å². The summed E-state index contributed by atoms with van der Waals surface area (Å²) in [6, 6.07) is 15.3. The van der Waals surface area contributed by atoms with Gasteiger partial charge in [-0.3, -0.25) is 9.36 Å². The van der Waals surface area contributed by atoms with Gasteiger partial charge in [0.05, 0.1) is 47.7 Å². The van der Waals surface area contributed by atoms with Crippen molar-refractivity contribution in [3.05, 3.63) is 108 Å². The molecule has 2 aromatic heterocycles. The number of nitrogens with zero attached hydrogens (tertiary/aromatic N) is 2. The molecule has 9 nitrogen and oxygen atoms in total. The molecule has 0 fully saturated rings. The van der Waals surface area contributed by atoms with Gasteiger partial charge in [0.1, 0.15) is 17.3 Å². The molecule has 0 bridgehead atoms. The summed E-state index contributed by atoms with van der Waals surface area (Å²) in [6.45, 7) is 7.23. The number of furan rings is 1. The van der Waals surface area contributed by atoms with Gasteiger partial charge in [-0.25, -0.2) is 14.6 Å². The van der Waals surface area contributed by atoms with Gasteiger partial charge in [-0.05, 0) is 69.2 Å². The van der Waals surface area contributed by atoms with Crippen LogP contribution in [-0.4, -0.2) is 36.8 Å². The maximum absolute atomic E-state index is 13.9. The number of allylic oxidation sites excluding steroid dienone is 1. The number of thiazole rings is 1. The van der Waals surface area contributed by atoms with Crippen molar-refractivity contribution in [3.8, 4) is 17.1 Å². The Kier molecular flexibility index (Phi) is 8.00. The molecule has 10 heteroatoms. The van der Waals surface area contributed by atoms with Gasteiger partial charge in [0, 0.05) is 11.6 Å². The molecule has 1 atom stereocenters. The van der Waals surface area contributed by atoms with E-state index >= 15 is 0 Å². The van der Waals surface area contributed by atoms with E-state index in [1.165, 1.54) is 23.0 Å². The fourth-order valence-corrected chi connectivity index (χ4v) is 5.84. The molecule has 0 spiro atoms. The zero-order valence-corrected chi connectivity index (χ0v) is 24.9. The van der Waals surface area contributed by atoms with E-state index in [-0.39, 0.29) is 17.2 Å². The van der Waals surface area contributed by atoms with Crippen LogP contribution < -0.4 is 19.6 Å². The SMILES string of the molecule is COC(=O)C1=C(C)N=c2s/c(=C/c3ccc(-c4cccc(C(=O)OC(C)C)c4)o3)c(=O)n2[C@@H]1c1ccc(C)c(OC)c1. The van der Waals surface area contributed by atoms with Crippen LogP contribution in [0.15, 0.2) is 80.1 Å². The van der Waals surface area contributed by atoms with Crippen molar-refractivity contribution in [2.45, 2.75) is 39.8 Å². The largest absolute Gasteiger partial charge is 0.496 e. The molecular weight excluding hydrogens is 556 g/mol. The van der Waals surface area contributed by atoms with Gasteiger partial charge >= 0.3 is 11.9 Å². The molecule has 0 N–H and O–H groups in total. The molecule has 0 saturated carbocycles. The van der Waals surface area contributed by atoms with Crippen LogP contribution in [0.3, 0.4) is 0 Å². The maximum Gasteiger partial charge on any atom is 0.338 e. The third kappa shape index (κ3) is 5.45. The summed E-state index contributed by atoms with van der Waals surface area (Å²) in [4.78, 5) is 44.2. The average Bonchev–Trinajstić information content (AvgIpc) is 3.56. The Labute approximate surface area is 246 Å². The van der Waals surface area contributed by atoms with Crippen molar-refractivity contribution in [2.75, 3.05) is 14.2 Å². The number of carbonyl (C=O) groups is 2. The van der Waals surface area contributed by atoms with E-state index in [9.17, 15) is 14.4 Å². The highest BCUT2D eigenvalue weighted by atomic mass is 32.1. The summed E-state index contributed by atoms with van der Waals surface area (Å²) in [6.07, 6.45) is 1.41. The highest BCUT2D eigenvalue weighted by Gasteiger charge is 2.33. The van der Waals surface area contributed by atoms with Crippen LogP contribution in [0.4, 0.5) is 0 Å². The Hall–Kier alpha value is -4.70. The van der Waals surface area contributed by atoms with Crippen molar-refractivity contribution in [2.24, 2.45) is 4.99 Å². The number of methoxy groups -OCH3 is 2. The first-order valence-electron chi connectivity index (χ1n) is 13.3. The Bertz CT molecular complexity index is 1910. The van der Waals surface area contributed by atoms with E-state index in [4.69, 9.17) is 18.6 Å². The first-order valence-corrected chi connectivity index (χ1v) is 14.1. The third-order valence-corrected chi connectivity index (χ3v) is 7.78. The molecule has 4 aromatic rings. The maximum atomic E-state index is 13.9. The van der Waals surface area contributed by atoms with Gasteiger partial charge in [-0.2, -0.15) is 0 Å². The number of esters is 2. The van der Waals surface area contributed by atoms with Crippen LogP contribution in [0.1, 0.15) is 54.1 Å². The standard InChI is InChI=1S/C32H30N2O7S/c1-17(2)40-30(36)22-9-7-8-20(14-22)24-13-12-23(41-24)16-26-29(35)34-28(21-11-10-18(3)25(15-21)38-5)27(31(37)39-6)19(4)33-32(34)42-26/h7-17,28H,1-6H3/b26-16+/t28-/m1/s1. The molecule has 216 valence electrons. The fraction of sp³-hybridized carbons (Fsp3) is 0.250. The number of carbonyl (C=O) groups excluding carboxylic acids is 2. The quantitative estimate of drug-likeness (QED) is 0.292. The fourth-order valence-electron chi connectivity index (χ4n) is 4.81. The lowest BCUT2D eigenvalue weighted by molar-refractivity contribution is -0.136. The topological polar surface area (TPSA) is 109 Å². The normalized spacial score (nSPS) is 14.9. The molecule has 0 aliphatic carbocycles. The number of fused-ring (bicyclic) bond motifs is 1. The van der Waals surface area contributed by atoms with Crippen LogP contribution in [0.2, 0.25) is 0 Å². The summed E-state index contributed by atoms with van der Waals surface area (Å²) < 4.78 is 23.8. The molecule has 5 rings (SSSR count). The molecule has 0 amide bonds.